The van der Waals surface area contributed by atoms with E-state index in [2.05, 4.69) is 14.7 Å². The number of hydrogen-bond acceptors (Lipinski definition) is 5. The number of aromatic hydroxyl groups is 1. The second-order valence-corrected chi connectivity index (χ2v) is 2.01. The first kappa shape index (κ1) is 8.25. The lowest BCUT2D eigenvalue weighted by Crippen LogP contribution is -2.05. The fourth-order valence-corrected chi connectivity index (χ4v) is 0.608. The molecule has 2 N–H and O–H groups in total. The van der Waals surface area contributed by atoms with E-state index in [4.69, 9.17) is 10.2 Å². The quantitative estimate of drug-likeness (QED) is 0.598. The summed E-state index contributed by atoms with van der Waals surface area (Å²) in [5.74, 6) is -0.939. The molecule has 0 fully saturated rings. The number of ether oxygens (including phenoxy) is 1. The number of nitrogens with zero attached hydrogens (tertiary/aromatic N) is 2. The molecule has 0 aliphatic rings. The Morgan fingerprint density at radius 2 is 2.33 bits per heavy atom. The second-order valence-electron chi connectivity index (χ2n) is 2.01. The van der Waals surface area contributed by atoms with Crippen molar-refractivity contribution < 1.29 is 19.7 Å². The highest BCUT2D eigenvalue weighted by molar-refractivity contribution is 5.61. The van der Waals surface area contributed by atoms with Crippen LogP contribution < -0.4 is 4.74 Å². The zero-order valence-corrected chi connectivity index (χ0v) is 6.18. The van der Waals surface area contributed by atoms with Crippen molar-refractivity contribution in [3.05, 3.63) is 11.9 Å². The molecule has 0 spiro atoms. The number of rotatable bonds is 1. The van der Waals surface area contributed by atoms with Crippen LogP contribution in [-0.2, 0) is 0 Å². The maximum absolute atomic E-state index is 10.0. The maximum Gasteiger partial charge on any atom is 0.512 e. The average Bonchev–Trinajstić information content (AvgIpc) is 1.94. The Morgan fingerprint density at radius 1 is 1.67 bits per heavy atom. The van der Waals surface area contributed by atoms with Crippen molar-refractivity contribution in [2.45, 2.75) is 6.92 Å². The van der Waals surface area contributed by atoms with Gasteiger partial charge in [-0.2, -0.15) is 0 Å². The highest BCUT2D eigenvalue weighted by atomic mass is 16.7. The van der Waals surface area contributed by atoms with Gasteiger partial charge in [-0.05, 0) is 6.92 Å². The molecule has 6 nitrogen and oxygen atoms in total. The van der Waals surface area contributed by atoms with Gasteiger partial charge in [-0.15, -0.1) is 0 Å². The third-order valence-electron chi connectivity index (χ3n) is 1.03. The van der Waals surface area contributed by atoms with Crippen molar-refractivity contribution in [1.82, 2.24) is 9.97 Å². The molecular formula is C6H6N2O4. The molecule has 0 aromatic carbocycles. The monoisotopic (exact) mass is 170 g/mol. The van der Waals surface area contributed by atoms with E-state index in [0.29, 0.717) is 5.69 Å². The van der Waals surface area contributed by atoms with Gasteiger partial charge in [-0.1, -0.05) is 0 Å². The first-order chi connectivity index (χ1) is 5.59. The number of carboxylic acid groups (broad SMARTS) is 1. The highest BCUT2D eigenvalue weighted by Gasteiger charge is 2.09. The summed E-state index contributed by atoms with van der Waals surface area (Å²) in [6.45, 7) is 1.61. The predicted molar refractivity (Wildman–Crippen MR) is 37.1 cm³/mol. The molecule has 1 aromatic heterocycles. The number of hydrogen-bond donors (Lipinski definition) is 2. The molecule has 0 saturated carbocycles. The molecule has 0 amide bonds. The lowest BCUT2D eigenvalue weighted by Gasteiger charge is -1.99. The average molecular weight is 170 g/mol. The fourth-order valence-electron chi connectivity index (χ4n) is 0.608. The molecule has 0 unspecified atom stereocenters. The molecule has 0 aliphatic carbocycles. The van der Waals surface area contributed by atoms with Gasteiger partial charge in [0.2, 0.25) is 0 Å². The zero-order chi connectivity index (χ0) is 9.14. The third kappa shape index (κ3) is 1.82. The Balaban J connectivity index is 2.93. The molecule has 1 heterocycles. The lowest BCUT2D eigenvalue weighted by molar-refractivity contribution is 0.140. The van der Waals surface area contributed by atoms with Gasteiger partial charge in [0.25, 0.3) is 11.8 Å². The summed E-state index contributed by atoms with van der Waals surface area (Å²) in [5.41, 5.74) is 0.477. The third-order valence-corrected chi connectivity index (χ3v) is 1.03. The summed E-state index contributed by atoms with van der Waals surface area (Å²) in [4.78, 5) is 17.0. The van der Waals surface area contributed by atoms with Gasteiger partial charge in [-0.3, -0.25) is 0 Å². The predicted octanol–water partition coefficient (Wildman–Crippen LogP) is 0.547. The smallest absolute Gasteiger partial charge is 0.489 e. The van der Waals surface area contributed by atoms with E-state index in [-0.39, 0.29) is 0 Å². The minimum atomic E-state index is -1.54. The summed E-state index contributed by atoms with van der Waals surface area (Å²) in [7, 11) is 0. The van der Waals surface area contributed by atoms with Gasteiger partial charge in [-0.25, -0.2) is 14.8 Å². The van der Waals surface area contributed by atoms with Gasteiger partial charge < -0.3 is 14.9 Å². The molecule has 12 heavy (non-hydrogen) atoms. The van der Waals surface area contributed by atoms with Crippen LogP contribution in [0.15, 0.2) is 6.20 Å². The number of aromatic nitrogens is 2. The van der Waals surface area contributed by atoms with Crippen molar-refractivity contribution in [1.29, 1.82) is 0 Å². The summed E-state index contributed by atoms with van der Waals surface area (Å²) >= 11 is 0. The molecule has 0 bridgehead atoms. The Hall–Kier alpha value is -1.85. The largest absolute Gasteiger partial charge is 0.512 e. The molecule has 64 valence electrons. The highest BCUT2D eigenvalue weighted by Crippen LogP contribution is 2.18. The Kier molecular flexibility index (Phi) is 2.09. The molecule has 0 saturated heterocycles. The van der Waals surface area contributed by atoms with E-state index in [1.54, 1.807) is 6.92 Å². The van der Waals surface area contributed by atoms with Crippen LogP contribution in [0.3, 0.4) is 0 Å². The van der Waals surface area contributed by atoms with E-state index in [1.165, 1.54) is 6.20 Å². The van der Waals surface area contributed by atoms with Gasteiger partial charge in [0.15, 0.2) is 0 Å². The first-order valence-corrected chi connectivity index (χ1v) is 3.03. The summed E-state index contributed by atoms with van der Waals surface area (Å²) in [6, 6.07) is 0. The minimum Gasteiger partial charge on any atom is -0.489 e. The molecule has 1 rings (SSSR count). The SMILES string of the molecule is Cc1cnc(OC(=O)O)c(O)n1. The second kappa shape index (κ2) is 3.04. The summed E-state index contributed by atoms with van der Waals surface area (Å²) < 4.78 is 4.09. The normalized spacial score (nSPS) is 9.42. The van der Waals surface area contributed by atoms with Crippen LogP contribution in [0, 0.1) is 6.92 Å². The first-order valence-electron chi connectivity index (χ1n) is 3.03. The van der Waals surface area contributed by atoms with Crippen LogP contribution in [0.25, 0.3) is 0 Å². The Morgan fingerprint density at radius 3 is 2.83 bits per heavy atom. The standard InChI is InChI=1S/C6H6N2O4/c1-3-2-7-5(4(9)8-3)12-6(10)11/h2H,1H3,(H,8,9)(H,10,11). The Bertz CT molecular complexity index is 312. The fraction of sp³-hybridized carbons (Fsp3) is 0.167. The van der Waals surface area contributed by atoms with Crippen molar-refractivity contribution in [3.63, 3.8) is 0 Å². The van der Waals surface area contributed by atoms with Crippen molar-refractivity contribution >= 4 is 6.16 Å². The lowest BCUT2D eigenvalue weighted by atomic mass is 10.5. The molecular weight excluding hydrogens is 164 g/mol. The van der Waals surface area contributed by atoms with Crippen molar-refractivity contribution in [2.24, 2.45) is 0 Å². The number of carbonyl (C=O) groups is 1. The van der Waals surface area contributed by atoms with Crippen LogP contribution in [0.5, 0.6) is 11.8 Å². The molecule has 6 heteroatoms. The molecule has 0 aliphatic heterocycles. The molecule has 0 radical (unpaired) electrons. The molecule has 1 aromatic rings. The van der Waals surface area contributed by atoms with Gasteiger partial charge >= 0.3 is 6.16 Å². The summed E-state index contributed by atoms with van der Waals surface area (Å²) in [6.07, 6.45) is -0.249. The summed E-state index contributed by atoms with van der Waals surface area (Å²) in [5, 5.41) is 17.1. The Labute approximate surface area is 67.5 Å². The maximum atomic E-state index is 10.0. The van der Waals surface area contributed by atoms with E-state index in [1.807, 2.05) is 0 Å². The van der Waals surface area contributed by atoms with E-state index >= 15 is 0 Å². The van der Waals surface area contributed by atoms with Crippen LogP contribution in [-0.4, -0.2) is 26.3 Å². The van der Waals surface area contributed by atoms with Crippen LogP contribution in [0.2, 0.25) is 0 Å². The minimum absolute atomic E-state index is 0.409. The van der Waals surface area contributed by atoms with E-state index in [9.17, 15) is 4.79 Å². The van der Waals surface area contributed by atoms with Crippen molar-refractivity contribution in [2.75, 3.05) is 0 Å². The van der Waals surface area contributed by atoms with E-state index < -0.39 is 17.9 Å². The van der Waals surface area contributed by atoms with Crippen molar-refractivity contribution in [3.8, 4) is 11.8 Å². The number of aryl methyl sites for hydroxylation is 1. The topological polar surface area (TPSA) is 92.5 Å². The van der Waals surface area contributed by atoms with Crippen LogP contribution in [0.4, 0.5) is 4.79 Å². The van der Waals surface area contributed by atoms with Gasteiger partial charge in [0, 0.05) is 0 Å². The van der Waals surface area contributed by atoms with Crippen LogP contribution >= 0.6 is 0 Å². The zero-order valence-electron chi connectivity index (χ0n) is 6.18. The van der Waals surface area contributed by atoms with Gasteiger partial charge in [0.1, 0.15) is 0 Å². The molecule has 0 atom stereocenters. The van der Waals surface area contributed by atoms with Gasteiger partial charge in [0.05, 0.1) is 11.9 Å². The van der Waals surface area contributed by atoms with E-state index in [0.717, 1.165) is 0 Å². The van der Waals surface area contributed by atoms with Crippen LogP contribution in [0.1, 0.15) is 5.69 Å².